The molecule has 4 aromatic rings. The third kappa shape index (κ3) is 6.12. The Morgan fingerprint density at radius 1 is 0.537 bits per heavy atom. The number of rotatable bonds is 9. The summed E-state index contributed by atoms with van der Waals surface area (Å²) in [4.78, 5) is 0. The fourth-order valence-electron chi connectivity index (χ4n) is 5.78. The second-order valence-corrected chi connectivity index (χ2v) is 12.9. The molecule has 0 saturated carbocycles. The first-order valence-electron chi connectivity index (χ1n) is 14.5. The lowest BCUT2D eigenvalue weighted by Gasteiger charge is -2.34. The summed E-state index contributed by atoms with van der Waals surface area (Å²) < 4.78 is 14.2. The van der Waals surface area contributed by atoms with Gasteiger partial charge in [-0.1, -0.05) is 96.1 Å². The zero-order valence-corrected chi connectivity index (χ0v) is 25.3. The van der Waals surface area contributed by atoms with Crippen LogP contribution >= 0.6 is 0 Å². The van der Waals surface area contributed by atoms with Crippen molar-refractivity contribution in [2.45, 2.75) is 72.1 Å². The van der Waals surface area contributed by atoms with Gasteiger partial charge >= 0.3 is 0 Å². The van der Waals surface area contributed by atoms with Crippen molar-refractivity contribution in [1.82, 2.24) is 0 Å². The summed E-state index contributed by atoms with van der Waals surface area (Å²) >= 11 is 0. The standard InChI is InChI=1S/C37H43FO3/c1-23(2)18-25-20-30(13-15-33(25)39)37(7,31-14-16-34(40)26(21-31)19-24(3)4)28-10-8-27(9-11-28)36(5,6)29-12-17-35(41)32(38)22-29/h8-17,20-24,39-41H,18-19H2,1-7H3. The largest absolute Gasteiger partial charge is 0.508 e. The lowest BCUT2D eigenvalue weighted by molar-refractivity contribution is 0.430. The van der Waals surface area contributed by atoms with E-state index >= 15 is 0 Å². The zero-order chi connectivity index (χ0) is 30.1. The molecular weight excluding hydrogens is 511 g/mol. The van der Waals surface area contributed by atoms with E-state index in [0.717, 1.165) is 51.8 Å². The van der Waals surface area contributed by atoms with E-state index in [2.05, 4.69) is 71.0 Å². The van der Waals surface area contributed by atoms with Gasteiger partial charge in [-0.05, 0) is 94.8 Å². The maximum atomic E-state index is 14.2. The highest BCUT2D eigenvalue weighted by Gasteiger charge is 2.33. The minimum Gasteiger partial charge on any atom is -0.508 e. The Labute approximate surface area is 244 Å². The van der Waals surface area contributed by atoms with Gasteiger partial charge in [0.05, 0.1) is 0 Å². The molecule has 0 heterocycles. The van der Waals surface area contributed by atoms with Gasteiger partial charge in [0.2, 0.25) is 0 Å². The van der Waals surface area contributed by atoms with Crippen LogP contribution < -0.4 is 0 Å². The molecule has 0 aliphatic carbocycles. The van der Waals surface area contributed by atoms with Gasteiger partial charge < -0.3 is 15.3 Å². The molecule has 0 amide bonds. The molecule has 0 saturated heterocycles. The average molecular weight is 555 g/mol. The number of phenolic OH excluding ortho intramolecular Hbond substituents is 3. The van der Waals surface area contributed by atoms with Crippen molar-refractivity contribution >= 4 is 0 Å². The molecule has 0 aliphatic heterocycles. The molecular formula is C37H43FO3. The molecule has 0 unspecified atom stereocenters. The van der Waals surface area contributed by atoms with Crippen molar-refractivity contribution in [3.63, 3.8) is 0 Å². The Morgan fingerprint density at radius 2 is 0.927 bits per heavy atom. The van der Waals surface area contributed by atoms with Crippen LogP contribution in [0.15, 0.2) is 78.9 Å². The summed E-state index contributed by atoms with van der Waals surface area (Å²) in [7, 11) is 0. The number of hydrogen-bond acceptors (Lipinski definition) is 3. The quantitative estimate of drug-likeness (QED) is 0.181. The Morgan fingerprint density at radius 3 is 1.37 bits per heavy atom. The van der Waals surface area contributed by atoms with Gasteiger partial charge in [-0.3, -0.25) is 0 Å². The highest BCUT2D eigenvalue weighted by atomic mass is 19.1. The smallest absolute Gasteiger partial charge is 0.165 e. The molecule has 0 spiro atoms. The second kappa shape index (κ2) is 11.6. The predicted octanol–water partition coefficient (Wildman–Crippen LogP) is 9.02. The van der Waals surface area contributed by atoms with E-state index in [4.69, 9.17) is 0 Å². The maximum absolute atomic E-state index is 14.2. The van der Waals surface area contributed by atoms with Gasteiger partial charge in [0.1, 0.15) is 11.5 Å². The molecule has 41 heavy (non-hydrogen) atoms. The number of aromatic hydroxyl groups is 3. The minimum absolute atomic E-state index is 0.300. The van der Waals surface area contributed by atoms with Crippen molar-refractivity contribution in [2.24, 2.45) is 11.8 Å². The summed E-state index contributed by atoms with van der Waals surface area (Å²) in [5.41, 5.74) is 5.73. The summed E-state index contributed by atoms with van der Waals surface area (Å²) in [5.74, 6) is 0.393. The SMILES string of the molecule is CC(C)Cc1cc(C(C)(c2ccc(C(C)(C)c3ccc(O)c(F)c3)cc2)c2ccc(O)c(CC(C)C)c2)ccc1O. The third-order valence-electron chi connectivity index (χ3n) is 8.42. The van der Waals surface area contributed by atoms with Gasteiger partial charge in [0.25, 0.3) is 0 Å². The summed E-state index contributed by atoms with van der Waals surface area (Å²) in [6, 6.07) is 24.8. The van der Waals surface area contributed by atoms with Crippen LogP contribution in [0, 0.1) is 17.7 Å². The zero-order valence-electron chi connectivity index (χ0n) is 25.3. The van der Waals surface area contributed by atoms with Gasteiger partial charge in [-0.25, -0.2) is 4.39 Å². The van der Waals surface area contributed by atoms with Crippen molar-refractivity contribution in [2.75, 3.05) is 0 Å². The van der Waals surface area contributed by atoms with Crippen LogP contribution in [0.5, 0.6) is 17.2 Å². The molecule has 3 N–H and O–H groups in total. The average Bonchev–Trinajstić information content (AvgIpc) is 2.91. The maximum Gasteiger partial charge on any atom is 0.165 e. The summed E-state index contributed by atoms with van der Waals surface area (Å²) in [6.07, 6.45) is 1.53. The van der Waals surface area contributed by atoms with Gasteiger partial charge in [-0.15, -0.1) is 0 Å². The van der Waals surface area contributed by atoms with Crippen molar-refractivity contribution in [1.29, 1.82) is 0 Å². The van der Waals surface area contributed by atoms with E-state index in [1.165, 1.54) is 12.1 Å². The Bertz CT molecular complexity index is 1460. The molecule has 0 aromatic heterocycles. The molecule has 0 bridgehead atoms. The molecule has 0 radical (unpaired) electrons. The first kappa shape index (κ1) is 30.2. The topological polar surface area (TPSA) is 60.7 Å². The van der Waals surface area contributed by atoms with Crippen LogP contribution in [0.4, 0.5) is 4.39 Å². The van der Waals surface area contributed by atoms with E-state index in [0.29, 0.717) is 23.3 Å². The highest BCUT2D eigenvalue weighted by Crippen LogP contribution is 2.43. The first-order valence-corrected chi connectivity index (χ1v) is 14.5. The monoisotopic (exact) mass is 554 g/mol. The number of benzene rings is 4. The number of phenols is 3. The van der Waals surface area contributed by atoms with E-state index in [1.54, 1.807) is 18.2 Å². The summed E-state index contributed by atoms with van der Waals surface area (Å²) in [6.45, 7) is 14.9. The Hall–Kier alpha value is -3.79. The van der Waals surface area contributed by atoms with Gasteiger partial charge in [-0.2, -0.15) is 0 Å². The van der Waals surface area contributed by atoms with Crippen LogP contribution in [0.2, 0.25) is 0 Å². The summed E-state index contributed by atoms with van der Waals surface area (Å²) in [5, 5.41) is 31.0. The fraction of sp³-hybridized carbons (Fsp3) is 0.351. The Balaban J connectivity index is 1.88. The van der Waals surface area contributed by atoms with Crippen LogP contribution in [0.1, 0.15) is 87.4 Å². The molecule has 0 fully saturated rings. The van der Waals surface area contributed by atoms with E-state index in [-0.39, 0.29) is 5.75 Å². The molecule has 3 nitrogen and oxygen atoms in total. The van der Waals surface area contributed by atoms with Crippen molar-refractivity contribution in [3.05, 3.63) is 124 Å². The van der Waals surface area contributed by atoms with E-state index in [1.807, 2.05) is 26.0 Å². The minimum atomic E-state index is -0.631. The highest BCUT2D eigenvalue weighted by molar-refractivity contribution is 5.55. The molecule has 4 aromatic carbocycles. The molecule has 4 rings (SSSR count). The van der Waals surface area contributed by atoms with Crippen LogP contribution in [0.25, 0.3) is 0 Å². The van der Waals surface area contributed by atoms with Crippen LogP contribution in [-0.4, -0.2) is 15.3 Å². The van der Waals surface area contributed by atoms with Gasteiger partial charge in [0.15, 0.2) is 11.6 Å². The van der Waals surface area contributed by atoms with Gasteiger partial charge in [0, 0.05) is 10.8 Å². The number of hydrogen-bond donors (Lipinski definition) is 3. The van der Waals surface area contributed by atoms with Crippen LogP contribution in [0.3, 0.4) is 0 Å². The molecule has 0 aliphatic rings. The Kier molecular flexibility index (Phi) is 8.54. The molecule has 0 atom stereocenters. The lowest BCUT2D eigenvalue weighted by Crippen LogP contribution is -2.26. The fourth-order valence-corrected chi connectivity index (χ4v) is 5.78. The van der Waals surface area contributed by atoms with E-state index < -0.39 is 16.6 Å². The van der Waals surface area contributed by atoms with Crippen LogP contribution in [-0.2, 0) is 23.7 Å². The molecule has 4 heteroatoms. The normalized spacial score (nSPS) is 12.3. The third-order valence-corrected chi connectivity index (χ3v) is 8.42. The first-order chi connectivity index (χ1) is 19.2. The van der Waals surface area contributed by atoms with E-state index in [9.17, 15) is 19.7 Å². The van der Waals surface area contributed by atoms with Crippen molar-refractivity contribution < 1.29 is 19.7 Å². The lowest BCUT2D eigenvalue weighted by atomic mass is 9.69. The second-order valence-electron chi connectivity index (χ2n) is 12.9. The predicted molar refractivity (Wildman–Crippen MR) is 165 cm³/mol. The number of halogens is 1. The molecule has 216 valence electrons. The van der Waals surface area contributed by atoms with Crippen molar-refractivity contribution in [3.8, 4) is 17.2 Å².